The summed E-state index contributed by atoms with van der Waals surface area (Å²) < 4.78 is 15.9. The first kappa shape index (κ1) is 16.7. The Labute approximate surface area is 155 Å². The van der Waals surface area contributed by atoms with Crippen molar-refractivity contribution in [2.75, 3.05) is 11.9 Å². The molecule has 0 saturated heterocycles. The smallest absolute Gasteiger partial charge is 0.322 e. The highest BCUT2D eigenvalue weighted by molar-refractivity contribution is 6.30. The van der Waals surface area contributed by atoms with Crippen molar-refractivity contribution >= 4 is 23.3 Å². The minimum atomic E-state index is -0.346. The van der Waals surface area contributed by atoms with Crippen LogP contribution in [0.5, 0.6) is 0 Å². The summed E-state index contributed by atoms with van der Waals surface area (Å²) in [5, 5.41) is 3.51. The Balaban J connectivity index is 1.67. The predicted octanol–water partition coefficient (Wildman–Crippen LogP) is 4.92. The van der Waals surface area contributed by atoms with E-state index in [2.05, 4.69) is 9.88 Å². The third-order valence-electron chi connectivity index (χ3n) is 4.56. The van der Waals surface area contributed by atoms with Gasteiger partial charge in [0, 0.05) is 35.7 Å². The minimum Gasteiger partial charge on any atom is -0.348 e. The van der Waals surface area contributed by atoms with Crippen LogP contribution in [0.25, 0.3) is 0 Å². The van der Waals surface area contributed by atoms with Crippen molar-refractivity contribution in [3.8, 4) is 0 Å². The third kappa shape index (κ3) is 3.18. The summed E-state index contributed by atoms with van der Waals surface area (Å²) in [5.74, 6) is -0.316. The van der Waals surface area contributed by atoms with Crippen molar-refractivity contribution in [1.29, 1.82) is 0 Å². The molecule has 1 N–H and O–H groups in total. The standard InChI is InChI=1S/C20H17ClFN3O/c21-15-6-8-17(9-7-15)23-20(26)25-12-11-24-10-2-5-18(24)19(25)14-3-1-4-16(22)13-14/h1-10,13,19H,11-12H2,(H,23,26). The summed E-state index contributed by atoms with van der Waals surface area (Å²) in [6.45, 7) is 1.23. The lowest BCUT2D eigenvalue weighted by molar-refractivity contribution is 0.181. The molecule has 132 valence electrons. The number of hydrogen-bond acceptors (Lipinski definition) is 1. The van der Waals surface area contributed by atoms with E-state index >= 15 is 0 Å². The Hall–Kier alpha value is -2.79. The molecule has 1 unspecified atom stereocenters. The van der Waals surface area contributed by atoms with E-state index in [9.17, 15) is 9.18 Å². The van der Waals surface area contributed by atoms with Gasteiger partial charge in [-0.3, -0.25) is 0 Å². The van der Waals surface area contributed by atoms with Crippen LogP contribution in [0.15, 0.2) is 66.9 Å². The van der Waals surface area contributed by atoms with Gasteiger partial charge in [-0.2, -0.15) is 0 Å². The summed E-state index contributed by atoms with van der Waals surface area (Å²) in [4.78, 5) is 14.7. The van der Waals surface area contributed by atoms with Gasteiger partial charge in [-0.05, 0) is 54.1 Å². The van der Waals surface area contributed by atoms with Crippen LogP contribution in [0.1, 0.15) is 17.3 Å². The Morgan fingerprint density at radius 3 is 2.65 bits per heavy atom. The molecule has 2 heterocycles. The molecule has 0 bridgehead atoms. The van der Waals surface area contributed by atoms with Crippen molar-refractivity contribution in [3.63, 3.8) is 0 Å². The molecule has 0 spiro atoms. The van der Waals surface area contributed by atoms with Crippen LogP contribution < -0.4 is 5.32 Å². The van der Waals surface area contributed by atoms with E-state index in [0.29, 0.717) is 23.8 Å². The van der Waals surface area contributed by atoms with Gasteiger partial charge in [0.05, 0.1) is 6.04 Å². The molecule has 1 aliphatic heterocycles. The van der Waals surface area contributed by atoms with Gasteiger partial charge in [0.25, 0.3) is 0 Å². The lowest BCUT2D eigenvalue weighted by Gasteiger charge is -2.37. The summed E-state index contributed by atoms with van der Waals surface area (Å²) in [6.07, 6.45) is 1.98. The van der Waals surface area contributed by atoms with Crippen LogP contribution in [-0.4, -0.2) is 22.0 Å². The number of aromatic nitrogens is 1. The number of carbonyl (C=O) groups excluding carboxylic acids is 1. The highest BCUT2D eigenvalue weighted by Crippen LogP contribution is 2.33. The largest absolute Gasteiger partial charge is 0.348 e. The molecule has 0 saturated carbocycles. The average Bonchev–Trinajstić information content (AvgIpc) is 3.11. The fourth-order valence-corrected chi connectivity index (χ4v) is 3.48. The number of anilines is 1. The van der Waals surface area contributed by atoms with Crippen molar-refractivity contribution in [2.45, 2.75) is 12.6 Å². The second-order valence-electron chi connectivity index (χ2n) is 6.21. The fourth-order valence-electron chi connectivity index (χ4n) is 3.36. The van der Waals surface area contributed by atoms with Gasteiger partial charge < -0.3 is 14.8 Å². The maximum absolute atomic E-state index is 13.8. The van der Waals surface area contributed by atoms with Gasteiger partial charge in [-0.1, -0.05) is 23.7 Å². The zero-order chi connectivity index (χ0) is 18.1. The van der Waals surface area contributed by atoms with Crippen LogP contribution in [0.4, 0.5) is 14.9 Å². The monoisotopic (exact) mass is 369 g/mol. The van der Waals surface area contributed by atoms with Crippen molar-refractivity contribution in [2.24, 2.45) is 0 Å². The molecule has 1 aliphatic rings. The Morgan fingerprint density at radius 1 is 1.08 bits per heavy atom. The molecule has 3 aromatic rings. The third-order valence-corrected chi connectivity index (χ3v) is 4.81. The van der Waals surface area contributed by atoms with Gasteiger partial charge in [-0.15, -0.1) is 0 Å². The maximum Gasteiger partial charge on any atom is 0.322 e. The van der Waals surface area contributed by atoms with E-state index in [-0.39, 0.29) is 17.9 Å². The second-order valence-corrected chi connectivity index (χ2v) is 6.65. The van der Waals surface area contributed by atoms with E-state index in [1.165, 1.54) is 12.1 Å². The molecule has 2 amide bonds. The molecule has 26 heavy (non-hydrogen) atoms. The zero-order valence-electron chi connectivity index (χ0n) is 13.9. The molecule has 1 atom stereocenters. The number of amides is 2. The number of hydrogen-bond donors (Lipinski definition) is 1. The first-order valence-electron chi connectivity index (χ1n) is 8.35. The molecule has 4 nitrogen and oxygen atoms in total. The van der Waals surface area contributed by atoms with Gasteiger partial charge in [0.15, 0.2) is 0 Å². The Bertz CT molecular complexity index is 938. The maximum atomic E-state index is 13.8. The van der Waals surface area contributed by atoms with Gasteiger partial charge in [0.1, 0.15) is 5.82 Å². The molecule has 4 rings (SSSR count). The number of nitrogens with one attached hydrogen (secondary N) is 1. The molecule has 0 fully saturated rings. The second kappa shape index (κ2) is 6.84. The van der Waals surface area contributed by atoms with E-state index < -0.39 is 0 Å². The number of halogens is 2. The minimum absolute atomic E-state index is 0.228. The van der Waals surface area contributed by atoms with E-state index in [1.54, 1.807) is 35.2 Å². The fraction of sp³-hybridized carbons (Fsp3) is 0.150. The van der Waals surface area contributed by atoms with E-state index in [4.69, 9.17) is 11.6 Å². The van der Waals surface area contributed by atoms with Gasteiger partial charge in [0.2, 0.25) is 0 Å². The Morgan fingerprint density at radius 2 is 1.88 bits per heavy atom. The molecule has 6 heteroatoms. The first-order valence-corrected chi connectivity index (χ1v) is 8.73. The summed E-state index contributed by atoms with van der Waals surface area (Å²) in [7, 11) is 0. The normalized spacial score (nSPS) is 16.2. The number of fused-ring (bicyclic) bond motifs is 1. The van der Waals surface area contributed by atoms with Gasteiger partial charge in [-0.25, -0.2) is 9.18 Å². The van der Waals surface area contributed by atoms with Crippen molar-refractivity contribution in [3.05, 3.63) is 89.0 Å². The summed E-state index contributed by atoms with van der Waals surface area (Å²) in [5.41, 5.74) is 2.38. The van der Waals surface area contributed by atoms with Crippen molar-refractivity contribution < 1.29 is 9.18 Å². The topological polar surface area (TPSA) is 37.3 Å². The highest BCUT2D eigenvalue weighted by Gasteiger charge is 2.32. The quantitative estimate of drug-likeness (QED) is 0.684. The summed E-state index contributed by atoms with van der Waals surface area (Å²) in [6, 6.07) is 16.7. The van der Waals surface area contributed by atoms with Crippen LogP contribution in [0, 0.1) is 5.82 Å². The van der Waals surface area contributed by atoms with Gasteiger partial charge >= 0.3 is 6.03 Å². The molecule has 0 radical (unpaired) electrons. The molecule has 0 aliphatic carbocycles. The van der Waals surface area contributed by atoms with Crippen LogP contribution in [0.3, 0.4) is 0 Å². The number of urea groups is 1. The number of carbonyl (C=O) groups is 1. The molecular formula is C20H17ClFN3O. The van der Waals surface area contributed by atoms with Crippen molar-refractivity contribution in [1.82, 2.24) is 9.47 Å². The predicted molar refractivity (Wildman–Crippen MR) is 99.9 cm³/mol. The average molecular weight is 370 g/mol. The molecule has 1 aromatic heterocycles. The van der Waals surface area contributed by atoms with E-state index in [0.717, 1.165) is 11.3 Å². The molecular weight excluding hydrogens is 353 g/mol. The van der Waals surface area contributed by atoms with Crippen LogP contribution in [0.2, 0.25) is 5.02 Å². The number of nitrogens with zero attached hydrogens (tertiary/aromatic N) is 2. The number of rotatable bonds is 2. The number of benzene rings is 2. The van der Waals surface area contributed by atoms with Crippen LogP contribution in [-0.2, 0) is 6.54 Å². The van der Waals surface area contributed by atoms with Crippen LogP contribution >= 0.6 is 11.6 Å². The Kier molecular flexibility index (Phi) is 4.39. The first-order chi connectivity index (χ1) is 12.6. The van der Waals surface area contributed by atoms with E-state index in [1.807, 2.05) is 24.4 Å². The lowest BCUT2D eigenvalue weighted by Crippen LogP contribution is -2.44. The SMILES string of the molecule is O=C(Nc1ccc(Cl)cc1)N1CCn2cccc2C1c1cccc(F)c1. The highest BCUT2D eigenvalue weighted by atomic mass is 35.5. The molecule has 2 aromatic carbocycles. The lowest BCUT2D eigenvalue weighted by atomic mass is 10.00. The summed E-state index contributed by atoms with van der Waals surface area (Å²) >= 11 is 5.90. The zero-order valence-corrected chi connectivity index (χ0v) is 14.7.